The number of carbonyl (C=O) groups excluding carboxylic acids is 3. The van der Waals surface area contributed by atoms with Gasteiger partial charge in [0.15, 0.2) is 6.61 Å². The molecule has 0 aliphatic carbocycles. The maximum atomic E-state index is 12.6. The number of rotatable bonds is 9. The third-order valence-electron chi connectivity index (χ3n) is 4.79. The van der Waals surface area contributed by atoms with Gasteiger partial charge in [0.05, 0.1) is 10.6 Å². The van der Waals surface area contributed by atoms with Crippen molar-refractivity contribution in [3.63, 3.8) is 0 Å². The predicted octanol–water partition coefficient (Wildman–Crippen LogP) is 5.18. The molecule has 0 unspecified atom stereocenters. The van der Waals surface area contributed by atoms with Crippen molar-refractivity contribution in [2.75, 3.05) is 23.9 Å². The minimum atomic E-state index is -0.929. The zero-order chi connectivity index (χ0) is 23.8. The molecule has 0 fully saturated rings. The Bertz CT molecular complexity index is 1170. The summed E-state index contributed by atoms with van der Waals surface area (Å²) in [7, 11) is 0. The highest BCUT2D eigenvalue weighted by atomic mass is 35.5. The van der Waals surface area contributed by atoms with Crippen molar-refractivity contribution in [1.29, 1.82) is 0 Å². The number of hydrogen-bond acceptors (Lipinski definition) is 5. The van der Waals surface area contributed by atoms with Gasteiger partial charge in [0.2, 0.25) is 0 Å². The molecular weight excluding hydrogens is 483 g/mol. The standard InChI is InChI=1S/C24H22Cl2N2O4S/c1-33-12-11-21(28-23(30)18-10-9-16(25)13-19(18)26)24(31)32-14-22(29)27-20-8-4-6-15-5-2-3-7-17(15)20/h2-10,13,21H,11-12,14H2,1H3,(H,27,29)(H,28,30)/t21-/m0/s1. The van der Waals surface area contributed by atoms with E-state index in [2.05, 4.69) is 10.6 Å². The van der Waals surface area contributed by atoms with Crippen LogP contribution in [0.1, 0.15) is 16.8 Å². The molecule has 0 heterocycles. The van der Waals surface area contributed by atoms with Gasteiger partial charge < -0.3 is 15.4 Å². The first kappa shape index (κ1) is 24.9. The Balaban J connectivity index is 1.62. The number of fused-ring (bicyclic) bond motifs is 1. The van der Waals surface area contributed by atoms with E-state index < -0.39 is 30.4 Å². The van der Waals surface area contributed by atoms with Crippen LogP contribution in [0.2, 0.25) is 10.0 Å². The van der Waals surface area contributed by atoms with Crippen molar-refractivity contribution in [2.24, 2.45) is 0 Å². The fourth-order valence-corrected chi connectivity index (χ4v) is 4.12. The Morgan fingerprint density at radius 3 is 2.55 bits per heavy atom. The molecule has 1 atom stereocenters. The summed E-state index contributed by atoms with van der Waals surface area (Å²) in [5.41, 5.74) is 0.815. The molecule has 3 aromatic carbocycles. The number of ether oxygens (including phenoxy) is 1. The number of benzene rings is 3. The lowest BCUT2D eigenvalue weighted by molar-refractivity contribution is -0.149. The molecule has 0 saturated carbocycles. The van der Waals surface area contributed by atoms with E-state index in [1.807, 2.05) is 42.7 Å². The van der Waals surface area contributed by atoms with Crippen LogP contribution in [0.25, 0.3) is 10.8 Å². The van der Waals surface area contributed by atoms with E-state index in [9.17, 15) is 14.4 Å². The first-order chi connectivity index (χ1) is 15.9. The maximum Gasteiger partial charge on any atom is 0.329 e. The van der Waals surface area contributed by atoms with Gasteiger partial charge in [0.25, 0.3) is 11.8 Å². The van der Waals surface area contributed by atoms with Crippen LogP contribution in [-0.2, 0) is 14.3 Å². The molecule has 0 bridgehead atoms. The lowest BCUT2D eigenvalue weighted by Crippen LogP contribution is -2.43. The monoisotopic (exact) mass is 504 g/mol. The van der Waals surface area contributed by atoms with Gasteiger partial charge in [-0.1, -0.05) is 59.6 Å². The van der Waals surface area contributed by atoms with Gasteiger partial charge in [-0.2, -0.15) is 11.8 Å². The summed E-state index contributed by atoms with van der Waals surface area (Å²) in [5.74, 6) is -1.10. The Labute approximate surface area is 206 Å². The molecule has 2 N–H and O–H groups in total. The minimum absolute atomic E-state index is 0.173. The second-order valence-electron chi connectivity index (χ2n) is 7.11. The van der Waals surface area contributed by atoms with Crippen LogP contribution in [0.3, 0.4) is 0 Å². The van der Waals surface area contributed by atoms with Crippen LogP contribution in [0.5, 0.6) is 0 Å². The lowest BCUT2D eigenvalue weighted by atomic mass is 10.1. The molecule has 33 heavy (non-hydrogen) atoms. The van der Waals surface area contributed by atoms with Gasteiger partial charge in [0.1, 0.15) is 6.04 Å². The van der Waals surface area contributed by atoms with Crippen LogP contribution in [0.15, 0.2) is 60.7 Å². The summed E-state index contributed by atoms with van der Waals surface area (Å²) in [4.78, 5) is 37.7. The number of esters is 1. The van der Waals surface area contributed by atoms with E-state index >= 15 is 0 Å². The number of hydrogen-bond donors (Lipinski definition) is 2. The Hall–Kier alpha value is -2.74. The Morgan fingerprint density at radius 1 is 1.03 bits per heavy atom. The fraction of sp³-hybridized carbons (Fsp3) is 0.208. The summed E-state index contributed by atoms with van der Waals surface area (Å²) >= 11 is 13.5. The largest absolute Gasteiger partial charge is 0.454 e. The highest BCUT2D eigenvalue weighted by molar-refractivity contribution is 7.98. The Morgan fingerprint density at radius 2 is 1.79 bits per heavy atom. The summed E-state index contributed by atoms with van der Waals surface area (Å²) < 4.78 is 5.20. The van der Waals surface area contributed by atoms with E-state index in [1.54, 1.807) is 6.07 Å². The van der Waals surface area contributed by atoms with Gasteiger partial charge in [-0.25, -0.2) is 4.79 Å². The van der Waals surface area contributed by atoms with Gasteiger partial charge in [-0.05, 0) is 48.1 Å². The highest BCUT2D eigenvalue weighted by Crippen LogP contribution is 2.23. The summed E-state index contributed by atoms with van der Waals surface area (Å²) in [6.45, 7) is -0.477. The van der Waals surface area contributed by atoms with Crippen molar-refractivity contribution in [3.05, 3.63) is 76.3 Å². The zero-order valence-electron chi connectivity index (χ0n) is 17.8. The molecule has 172 valence electrons. The highest BCUT2D eigenvalue weighted by Gasteiger charge is 2.24. The van der Waals surface area contributed by atoms with Crippen molar-refractivity contribution in [1.82, 2.24) is 5.32 Å². The molecule has 0 radical (unpaired) electrons. The molecule has 0 aliphatic rings. The maximum absolute atomic E-state index is 12.6. The predicted molar refractivity (Wildman–Crippen MR) is 134 cm³/mol. The second kappa shape index (κ2) is 11.9. The molecular formula is C24H22Cl2N2O4S. The summed E-state index contributed by atoms with van der Waals surface area (Å²) in [6.07, 6.45) is 2.22. The first-order valence-corrected chi connectivity index (χ1v) is 12.2. The minimum Gasteiger partial charge on any atom is -0.454 e. The third kappa shape index (κ3) is 6.87. The second-order valence-corrected chi connectivity index (χ2v) is 8.94. The van der Waals surface area contributed by atoms with E-state index in [4.69, 9.17) is 27.9 Å². The molecule has 3 aromatic rings. The number of carbonyl (C=O) groups is 3. The van der Waals surface area contributed by atoms with Gasteiger partial charge in [-0.15, -0.1) is 0 Å². The topological polar surface area (TPSA) is 84.5 Å². The third-order valence-corrected chi connectivity index (χ3v) is 5.98. The number of thioether (sulfide) groups is 1. The number of amides is 2. The van der Waals surface area contributed by atoms with E-state index in [1.165, 1.54) is 30.0 Å². The molecule has 0 saturated heterocycles. The summed E-state index contributed by atoms with van der Waals surface area (Å²) in [5, 5.41) is 7.83. The average Bonchev–Trinajstić information content (AvgIpc) is 2.80. The molecule has 0 spiro atoms. The molecule has 6 nitrogen and oxygen atoms in total. The Kier molecular flexibility index (Phi) is 9.00. The van der Waals surface area contributed by atoms with Gasteiger partial charge in [-0.3, -0.25) is 9.59 Å². The number of halogens is 2. The SMILES string of the molecule is CSCC[C@H](NC(=O)c1ccc(Cl)cc1Cl)C(=O)OCC(=O)Nc1cccc2ccccc12. The van der Waals surface area contributed by atoms with Crippen molar-refractivity contribution in [2.45, 2.75) is 12.5 Å². The van der Waals surface area contributed by atoms with Gasteiger partial charge >= 0.3 is 5.97 Å². The van der Waals surface area contributed by atoms with Crippen LogP contribution >= 0.6 is 35.0 Å². The van der Waals surface area contributed by atoms with Gasteiger partial charge in [0, 0.05) is 16.1 Å². The van der Waals surface area contributed by atoms with Crippen LogP contribution < -0.4 is 10.6 Å². The van der Waals surface area contributed by atoms with Crippen molar-refractivity contribution < 1.29 is 19.1 Å². The molecule has 9 heteroatoms. The van der Waals surface area contributed by atoms with Crippen LogP contribution in [0.4, 0.5) is 5.69 Å². The van der Waals surface area contributed by atoms with E-state index in [-0.39, 0.29) is 10.6 Å². The number of nitrogens with one attached hydrogen (secondary N) is 2. The zero-order valence-corrected chi connectivity index (χ0v) is 20.1. The van der Waals surface area contributed by atoms with E-state index in [0.29, 0.717) is 22.9 Å². The van der Waals surface area contributed by atoms with Crippen molar-refractivity contribution >= 4 is 69.2 Å². The van der Waals surface area contributed by atoms with E-state index in [0.717, 1.165) is 10.8 Å². The molecule has 0 aromatic heterocycles. The lowest BCUT2D eigenvalue weighted by Gasteiger charge is -2.18. The van der Waals surface area contributed by atoms with Crippen LogP contribution in [0, 0.1) is 0 Å². The smallest absolute Gasteiger partial charge is 0.329 e. The fourth-order valence-electron chi connectivity index (χ4n) is 3.15. The normalized spacial score (nSPS) is 11.6. The molecule has 3 rings (SSSR count). The average molecular weight is 505 g/mol. The first-order valence-electron chi connectivity index (χ1n) is 10.1. The molecule has 2 amide bonds. The van der Waals surface area contributed by atoms with Crippen LogP contribution in [-0.4, -0.2) is 42.4 Å². The quantitative estimate of drug-likeness (QED) is 0.392. The summed E-state index contributed by atoms with van der Waals surface area (Å²) in [6, 6.07) is 16.7. The molecule has 0 aliphatic heterocycles. The number of anilines is 1. The van der Waals surface area contributed by atoms with Crippen molar-refractivity contribution in [3.8, 4) is 0 Å².